The third-order valence-electron chi connectivity index (χ3n) is 7.10. The van der Waals surface area contributed by atoms with Crippen LogP contribution in [0.2, 0.25) is 0 Å². The van der Waals surface area contributed by atoms with Gasteiger partial charge in [0.25, 0.3) is 0 Å². The fraction of sp³-hybridized carbons (Fsp3) is 0.323. The fourth-order valence-electron chi connectivity index (χ4n) is 5.03. The van der Waals surface area contributed by atoms with Gasteiger partial charge in [0.1, 0.15) is 5.75 Å². The van der Waals surface area contributed by atoms with E-state index in [2.05, 4.69) is 26.3 Å². The van der Waals surface area contributed by atoms with E-state index < -0.39 is 35.3 Å². The molecule has 3 aromatic rings. The van der Waals surface area contributed by atoms with Crippen LogP contribution < -0.4 is 30.7 Å². The molecule has 13 nitrogen and oxygen atoms in total. The smallest absolute Gasteiger partial charge is 0.323 e. The first-order chi connectivity index (χ1) is 21.1. The van der Waals surface area contributed by atoms with Crippen LogP contribution in [0.25, 0.3) is 0 Å². The standard InChI is InChI=1S/C31H35N5O8/c1-18(2)16-31(28(39)32-3,20-6-7-22(24(37)14-20)36-30(41)34-21-9-11-33-12-10-21)29(40)35-23(15-27(38)42-4)19-5-8-25-26(13-19)44-17-43-25/h5-14,18,23,37H,15-17H2,1-4H3,(H,32,39)(H,35,40)(H2,33,34,36,41)/t23?,31-/m0/s1. The number of hydrogen-bond donors (Lipinski definition) is 5. The number of urea groups is 1. The Kier molecular flexibility index (Phi) is 9.88. The number of esters is 1. The molecule has 2 heterocycles. The molecular formula is C31H35N5O8. The van der Waals surface area contributed by atoms with Crippen LogP contribution in [0, 0.1) is 5.92 Å². The Hall–Kier alpha value is -5.33. The SMILES string of the molecule is CNC(=O)[C@@](CC(C)C)(C(=O)NC(CC(=O)OC)c1ccc2c(c1)OCO2)c1ccc(NC(=O)Nc2ccncc2)c(O)c1. The predicted molar refractivity (Wildman–Crippen MR) is 160 cm³/mol. The molecule has 13 heteroatoms. The molecule has 0 bridgehead atoms. The first-order valence-electron chi connectivity index (χ1n) is 13.9. The third-order valence-corrected chi connectivity index (χ3v) is 7.10. The Balaban J connectivity index is 1.69. The van der Waals surface area contributed by atoms with Crippen LogP contribution in [0.1, 0.15) is 43.9 Å². The van der Waals surface area contributed by atoms with Gasteiger partial charge in [-0.05, 0) is 59.9 Å². The number of carbonyl (C=O) groups excluding carboxylic acids is 4. The Morgan fingerprint density at radius 1 is 0.977 bits per heavy atom. The zero-order chi connectivity index (χ0) is 31.9. The molecule has 4 rings (SSSR count). The predicted octanol–water partition coefficient (Wildman–Crippen LogP) is 3.61. The number of phenolic OH excluding ortho intramolecular Hbond substituents is 1. The number of likely N-dealkylation sites (N-methyl/N-ethyl adjacent to an activating group) is 1. The molecule has 5 N–H and O–H groups in total. The molecule has 1 aromatic heterocycles. The molecule has 2 atom stereocenters. The first-order valence-corrected chi connectivity index (χ1v) is 13.9. The monoisotopic (exact) mass is 605 g/mol. The largest absolute Gasteiger partial charge is 0.506 e. The van der Waals surface area contributed by atoms with Gasteiger partial charge in [0.15, 0.2) is 16.9 Å². The highest BCUT2D eigenvalue weighted by Gasteiger charge is 2.48. The maximum absolute atomic E-state index is 14.3. The number of nitrogens with zero attached hydrogens (tertiary/aromatic N) is 1. The number of aromatic hydroxyl groups is 1. The number of pyridine rings is 1. The lowest BCUT2D eigenvalue weighted by Crippen LogP contribution is -2.55. The molecule has 0 spiro atoms. The summed E-state index contributed by atoms with van der Waals surface area (Å²) in [6.45, 7) is 3.75. The minimum absolute atomic E-state index is 0.0424. The van der Waals surface area contributed by atoms with E-state index in [0.717, 1.165) is 0 Å². The lowest BCUT2D eigenvalue weighted by atomic mass is 9.72. The second-order valence-corrected chi connectivity index (χ2v) is 10.5. The van der Waals surface area contributed by atoms with Gasteiger partial charge in [-0.1, -0.05) is 26.0 Å². The van der Waals surface area contributed by atoms with Crippen molar-refractivity contribution in [3.63, 3.8) is 0 Å². The van der Waals surface area contributed by atoms with E-state index >= 15 is 0 Å². The van der Waals surface area contributed by atoms with Gasteiger partial charge in [-0.3, -0.25) is 19.4 Å². The summed E-state index contributed by atoms with van der Waals surface area (Å²) in [5.74, 6) is -1.45. The molecule has 44 heavy (non-hydrogen) atoms. The average molecular weight is 606 g/mol. The van der Waals surface area contributed by atoms with Gasteiger partial charge in [0.05, 0.1) is 25.3 Å². The Labute approximate surface area is 254 Å². The number of methoxy groups -OCH3 is 1. The summed E-state index contributed by atoms with van der Waals surface area (Å²) in [7, 11) is 2.65. The number of benzene rings is 2. The van der Waals surface area contributed by atoms with Crippen molar-refractivity contribution in [2.45, 2.75) is 38.1 Å². The molecule has 0 aliphatic carbocycles. The van der Waals surface area contributed by atoms with Gasteiger partial charge >= 0.3 is 12.0 Å². The molecule has 1 aliphatic rings. The number of ether oxygens (including phenoxy) is 3. The fourth-order valence-corrected chi connectivity index (χ4v) is 5.03. The molecule has 1 unspecified atom stereocenters. The molecule has 0 radical (unpaired) electrons. The lowest BCUT2D eigenvalue weighted by Gasteiger charge is -2.34. The van der Waals surface area contributed by atoms with Crippen molar-refractivity contribution in [2.24, 2.45) is 5.92 Å². The van der Waals surface area contributed by atoms with Crippen LogP contribution >= 0.6 is 0 Å². The van der Waals surface area contributed by atoms with E-state index in [-0.39, 0.29) is 42.6 Å². The van der Waals surface area contributed by atoms with Crippen LogP contribution in [0.4, 0.5) is 16.2 Å². The van der Waals surface area contributed by atoms with Gasteiger partial charge in [-0.15, -0.1) is 0 Å². The number of nitrogens with one attached hydrogen (secondary N) is 4. The number of rotatable bonds is 11. The first kappa shape index (κ1) is 31.6. The van der Waals surface area contributed by atoms with Crippen molar-refractivity contribution in [3.8, 4) is 17.2 Å². The number of carbonyl (C=O) groups is 4. The van der Waals surface area contributed by atoms with Crippen molar-refractivity contribution in [3.05, 3.63) is 72.1 Å². The van der Waals surface area contributed by atoms with Crippen molar-refractivity contribution < 1.29 is 38.5 Å². The highest BCUT2D eigenvalue weighted by atomic mass is 16.7. The van der Waals surface area contributed by atoms with Gasteiger partial charge < -0.3 is 40.6 Å². The molecule has 0 fully saturated rings. The van der Waals surface area contributed by atoms with Crippen LogP contribution in [-0.2, 0) is 24.5 Å². The number of phenols is 1. The quantitative estimate of drug-likeness (QED) is 0.124. The summed E-state index contributed by atoms with van der Waals surface area (Å²) in [6.07, 6.45) is 2.86. The highest BCUT2D eigenvalue weighted by Crippen LogP contribution is 2.39. The van der Waals surface area contributed by atoms with Crippen molar-refractivity contribution in [2.75, 3.05) is 31.6 Å². The van der Waals surface area contributed by atoms with E-state index in [1.54, 1.807) is 30.3 Å². The number of hydrogen-bond acceptors (Lipinski definition) is 9. The molecular weight excluding hydrogens is 570 g/mol. The minimum Gasteiger partial charge on any atom is -0.506 e. The van der Waals surface area contributed by atoms with E-state index in [1.807, 2.05) is 13.8 Å². The van der Waals surface area contributed by atoms with Crippen molar-refractivity contribution in [1.29, 1.82) is 0 Å². The normalized spacial score (nSPS) is 13.8. The summed E-state index contributed by atoms with van der Waals surface area (Å²) in [5, 5.41) is 21.6. The molecule has 0 saturated carbocycles. The van der Waals surface area contributed by atoms with Crippen LogP contribution in [-0.4, -0.2) is 54.9 Å². The van der Waals surface area contributed by atoms with E-state index in [9.17, 15) is 24.3 Å². The highest BCUT2D eigenvalue weighted by molar-refractivity contribution is 6.11. The summed E-state index contributed by atoms with van der Waals surface area (Å²) >= 11 is 0. The maximum Gasteiger partial charge on any atom is 0.323 e. The minimum atomic E-state index is -1.83. The third kappa shape index (κ3) is 7.00. The van der Waals surface area contributed by atoms with Crippen LogP contribution in [0.15, 0.2) is 60.9 Å². The summed E-state index contributed by atoms with van der Waals surface area (Å²) < 4.78 is 15.7. The van der Waals surface area contributed by atoms with Crippen molar-refractivity contribution >= 4 is 35.2 Å². The van der Waals surface area contributed by atoms with Crippen LogP contribution in [0.3, 0.4) is 0 Å². The zero-order valence-corrected chi connectivity index (χ0v) is 24.8. The average Bonchev–Trinajstić information content (AvgIpc) is 3.48. The second kappa shape index (κ2) is 13.8. The van der Waals surface area contributed by atoms with E-state index in [1.165, 1.54) is 44.8 Å². The van der Waals surface area contributed by atoms with Gasteiger partial charge in [-0.2, -0.15) is 0 Å². The molecule has 0 saturated heterocycles. The van der Waals surface area contributed by atoms with E-state index in [0.29, 0.717) is 22.7 Å². The molecule has 2 aromatic carbocycles. The number of fused-ring (bicyclic) bond motifs is 1. The Bertz CT molecular complexity index is 1530. The van der Waals surface area contributed by atoms with Gasteiger partial charge in [-0.25, -0.2) is 4.79 Å². The topological polar surface area (TPSA) is 177 Å². The number of amides is 4. The second-order valence-electron chi connectivity index (χ2n) is 10.5. The van der Waals surface area contributed by atoms with Crippen molar-refractivity contribution in [1.82, 2.24) is 15.6 Å². The summed E-state index contributed by atoms with van der Waals surface area (Å²) in [6, 6.07) is 10.9. The summed E-state index contributed by atoms with van der Waals surface area (Å²) in [5.41, 5.74) is -0.568. The maximum atomic E-state index is 14.3. The molecule has 1 aliphatic heterocycles. The number of anilines is 2. The van der Waals surface area contributed by atoms with E-state index in [4.69, 9.17) is 14.2 Å². The Morgan fingerprint density at radius 3 is 2.36 bits per heavy atom. The van der Waals surface area contributed by atoms with Gasteiger partial charge in [0.2, 0.25) is 18.6 Å². The molecule has 232 valence electrons. The van der Waals surface area contributed by atoms with Gasteiger partial charge in [0, 0.05) is 25.1 Å². The lowest BCUT2D eigenvalue weighted by molar-refractivity contribution is -0.142. The zero-order valence-electron chi connectivity index (χ0n) is 24.8. The number of aromatic nitrogens is 1. The summed E-state index contributed by atoms with van der Waals surface area (Å²) in [4.78, 5) is 56.8. The molecule has 4 amide bonds. The Morgan fingerprint density at radius 2 is 1.70 bits per heavy atom. The van der Waals surface area contributed by atoms with Crippen LogP contribution in [0.5, 0.6) is 17.2 Å².